The van der Waals surface area contributed by atoms with Crippen molar-refractivity contribution in [1.29, 1.82) is 0 Å². The highest BCUT2D eigenvalue weighted by atomic mass is 19.1. The highest BCUT2D eigenvalue weighted by Crippen LogP contribution is 2.27. The summed E-state index contributed by atoms with van der Waals surface area (Å²) in [5.41, 5.74) is 1.24. The van der Waals surface area contributed by atoms with Crippen LogP contribution in [0.1, 0.15) is 15.9 Å². The van der Waals surface area contributed by atoms with Gasteiger partial charge in [-0.25, -0.2) is 4.39 Å². The number of halogens is 1. The van der Waals surface area contributed by atoms with Crippen molar-refractivity contribution in [2.75, 3.05) is 27.9 Å². The Morgan fingerprint density at radius 3 is 2.25 bits per heavy atom. The van der Waals surface area contributed by atoms with Crippen molar-refractivity contribution in [2.24, 2.45) is 0 Å². The topological polar surface area (TPSA) is 56.8 Å². The molecular weight excluding hydrogens is 313 g/mol. The molecule has 2 rings (SSSR count). The van der Waals surface area contributed by atoms with Crippen molar-refractivity contribution in [3.63, 3.8) is 0 Å². The van der Waals surface area contributed by atoms with Crippen LogP contribution in [0.25, 0.3) is 0 Å². The quantitative estimate of drug-likeness (QED) is 0.846. The molecule has 0 radical (unpaired) electrons. The molecule has 0 atom stereocenters. The lowest BCUT2D eigenvalue weighted by atomic mass is 10.1. The van der Waals surface area contributed by atoms with Crippen molar-refractivity contribution in [3.05, 3.63) is 53.3 Å². The van der Waals surface area contributed by atoms with E-state index in [0.717, 1.165) is 5.56 Å². The van der Waals surface area contributed by atoms with E-state index in [2.05, 4.69) is 5.32 Å². The van der Waals surface area contributed by atoms with Gasteiger partial charge in [-0.1, -0.05) is 6.07 Å². The van der Waals surface area contributed by atoms with Gasteiger partial charge in [0.2, 0.25) is 0 Å². The fourth-order valence-electron chi connectivity index (χ4n) is 2.27. The number of carbonyl (C=O) groups is 1. The number of ether oxygens (including phenoxy) is 3. The summed E-state index contributed by atoms with van der Waals surface area (Å²) in [6.45, 7) is 0.388. The third kappa shape index (κ3) is 4.16. The SMILES string of the molecule is COc1ccc(CCNC(=O)c2ccc(OC)c(OC)c2)cc1F. The lowest BCUT2D eigenvalue weighted by molar-refractivity contribution is 0.0953. The van der Waals surface area contributed by atoms with Crippen molar-refractivity contribution in [2.45, 2.75) is 6.42 Å². The Labute approximate surface area is 140 Å². The molecule has 2 aromatic rings. The van der Waals surface area contributed by atoms with Crippen LogP contribution in [0.5, 0.6) is 17.2 Å². The Morgan fingerprint density at radius 1 is 0.958 bits per heavy atom. The van der Waals surface area contributed by atoms with E-state index in [4.69, 9.17) is 14.2 Å². The summed E-state index contributed by atoms with van der Waals surface area (Å²) in [5.74, 6) is 0.601. The van der Waals surface area contributed by atoms with Gasteiger partial charge in [0.25, 0.3) is 5.91 Å². The Balaban J connectivity index is 1.95. The molecule has 0 saturated carbocycles. The fourth-order valence-corrected chi connectivity index (χ4v) is 2.27. The van der Waals surface area contributed by atoms with Crippen LogP contribution in [0.2, 0.25) is 0 Å². The smallest absolute Gasteiger partial charge is 0.251 e. The minimum absolute atomic E-state index is 0.202. The van der Waals surface area contributed by atoms with Gasteiger partial charge in [-0.3, -0.25) is 4.79 Å². The van der Waals surface area contributed by atoms with Crippen LogP contribution < -0.4 is 19.5 Å². The van der Waals surface area contributed by atoms with Crippen molar-refractivity contribution in [1.82, 2.24) is 5.32 Å². The van der Waals surface area contributed by atoms with Gasteiger partial charge in [-0.15, -0.1) is 0 Å². The van der Waals surface area contributed by atoms with E-state index in [1.807, 2.05) is 0 Å². The van der Waals surface area contributed by atoms with Crippen molar-refractivity contribution < 1.29 is 23.4 Å². The number of hydrogen-bond donors (Lipinski definition) is 1. The summed E-state index contributed by atoms with van der Waals surface area (Å²) in [6.07, 6.45) is 0.514. The zero-order valence-corrected chi connectivity index (χ0v) is 13.9. The van der Waals surface area contributed by atoms with Crippen LogP contribution >= 0.6 is 0 Å². The molecule has 128 valence electrons. The largest absolute Gasteiger partial charge is 0.494 e. The predicted molar refractivity (Wildman–Crippen MR) is 88.5 cm³/mol. The first-order valence-electron chi connectivity index (χ1n) is 7.41. The maximum atomic E-state index is 13.6. The number of carbonyl (C=O) groups excluding carboxylic acids is 1. The van der Waals surface area contributed by atoms with Crippen LogP contribution in [0, 0.1) is 5.82 Å². The average molecular weight is 333 g/mol. The molecule has 0 aliphatic rings. The summed E-state index contributed by atoms with van der Waals surface area (Å²) in [4.78, 5) is 12.2. The summed E-state index contributed by atoms with van der Waals surface area (Å²) >= 11 is 0. The molecular formula is C18H20FNO4. The first-order chi connectivity index (χ1) is 11.6. The standard InChI is InChI=1S/C18H20FNO4/c1-22-15-6-4-12(10-14(15)19)8-9-20-18(21)13-5-7-16(23-2)17(11-13)24-3/h4-7,10-11H,8-9H2,1-3H3,(H,20,21). The number of nitrogens with one attached hydrogen (secondary N) is 1. The molecule has 24 heavy (non-hydrogen) atoms. The van der Waals surface area contributed by atoms with Crippen LogP contribution in [0.4, 0.5) is 4.39 Å². The summed E-state index contributed by atoms with van der Waals surface area (Å²) in [5, 5.41) is 2.80. The first kappa shape index (κ1) is 17.6. The highest BCUT2D eigenvalue weighted by molar-refractivity contribution is 5.94. The van der Waals surface area contributed by atoms with E-state index in [9.17, 15) is 9.18 Å². The van der Waals surface area contributed by atoms with Crippen LogP contribution in [0.15, 0.2) is 36.4 Å². The molecule has 0 aliphatic carbocycles. The van der Waals surface area contributed by atoms with Gasteiger partial charge in [-0.05, 0) is 42.3 Å². The number of methoxy groups -OCH3 is 3. The molecule has 5 nitrogen and oxygen atoms in total. The lowest BCUT2D eigenvalue weighted by Crippen LogP contribution is -2.25. The van der Waals surface area contributed by atoms with E-state index in [1.165, 1.54) is 27.4 Å². The molecule has 0 aliphatic heterocycles. The molecule has 0 fully saturated rings. The molecule has 1 N–H and O–H groups in total. The van der Waals surface area contributed by atoms with Gasteiger partial charge in [0.1, 0.15) is 0 Å². The van der Waals surface area contributed by atoms with Gasteiger partial charge in [0.15, 0.2) is 23.1 Å². The second kappa shape index (κ2) is 8.19. The molecule has 0 aromatic heterocycles. The summed E-state index contributed by atoms with van der Waals surface area (Å²) in [6, 6.07) is 9.68. The Bertz CT molecular complexity index is 718. The van der Waals surface area contributed by atoms with Crippen LogP contribution in [0.3, 0.4) is 0 Å². The first-order valence-corrected chi connectivity index (χ1v) is 7.41. The zero-order valence-electron chi connectivity index (χ0n) is 13.9. The van der Waals surface area contributed by atoms with Gasteiger partial charge in [-0.2, -0.15) is 0 Å². The third-order valence-electron chi connectivity index (χ3n) is 3.56. The fraction of sp³-hybridized carbons (Fsp3) is 0.278. The normalized spacial score (nSPS) is 10.2. The molecule has 0 heterocycles. The van der Waals surface area contributed by atoms with E-state index in [-0.39, 0.29) is 11.7 Å². The summed E-state index contributed by atoms with van der Waals surface area (Å²) < 4.78 is 28.8. The molecule has 2 aromatic carbocycles. The number of amides is 1. The Hall–Kier alpha value is -2.76. The average Bonchev–Trinajstić information content (AvgIpc) is 2.61. The number of hydrogen-bond acceptors (Lipinski definition) is 4. The lowest BCUT2D eigenvalue weighted by Gasteiger charge is -2.10. The monoisotopic (exact) mass is 333 g/mol. The number of benzene rings is 2. The van der Waals surface area contributed by atoms with Gasteiger partial charge in [0, 0.05) is 12.1 Å². The molecule has 1 amide bonds. The molecule has 0 unspecified atom stereocenters. The van der Waals surface area contributed by atoms with Crippen LogP contribution in [-0.2, 0) is 6.42 Å². The van der Waals surface area contributed by atoms with Crippen molar-refractivity contribution >= 4 is 5.91 Å². The zero-order chi connectivity index (χ0) is 17.5. The third-order valence-corrected chi connectivity index (χ3v) is 3.56. The second-order valence-electron chi connectivity index (χ2n) is 5.04. The molecule has 0 saturated heterocycles. The Morgan fingerprint density at radius 2 is 1.62 bits per heavy atom. The van der Waals surface area contributed by atoms with Crippen molar-refractivity contribution in [3.8, 4) is 17.2 Å². The number of rotatable bonds is 7. The molecule has 0 bridgehead atoms. The predicted octanol–water partition coefficient (Wildman–Crippen LogP) is 2.82. The van der Waals surface area contributed by atoms with Gasteiger partial charge >= 0.3 is 0 Å². The maximum absolute atomic E-state index is 13.6. The maximum Gasteiger partial charge on any atom is 0.251 e. The highest BCUT2D eigenvalue weighted by Gasteiger charge is 2.10. The van der Waals surface area contributed by atoms with E-state index >= 15 is 0 Å². The minimum atomic E-state index is -0.416. The van der Waals surface area contributed by atoms with Gasteiger partial charge < -0.3 is 19.5 Å². The van der Waals surface area contributed by atoms with Crippen LogP contribution in [-0.4, -0.2) is 33.8 Å². The molecule has 6 heteroatoms. The van der Waals surface area contributed by atoms with Gasteiger partial charge in [0.05, 0.1) is 21.3 Å². The Kier molecular flexibility index (Phi) is 6.01. The van der Waals surface area contributed by atoms with E-state index in [1.54, 1.807) is 30.3 Å². The molecule has 0 spiro atoms. The second-order valence-corrected chi connectivity index (χ2v) is 5.04. The van der Waals surface area contributed by atoms with E-state index in [0.29, 0.717) is 30.0 Å². The van der Waals surface area contributed by atoms with E-state index < -0.39 is 5.82 Å². The summed E-state index contributed by atoms with van der Waals surface area (Å²) in [7, 11) is 4.46. The minimum Gasteiger partial charge on any atom is -0.494 e.